The van der Waals surface area contributed by atoms with E-state index in [9.17, 15) is 18.0 Å². The molecule has 0 fully saturated rings. The van der Waals surface area contributed by atoms with Crippen LogP contribution in [0.3, 0.4) is 0 Å². The van der Waals surface area contributed by atoms with Crippen LogP contribution >= 0.6 is 0 Å². The van der Waals surface area contributed by atoms with Crippen molar-refractivity contribution in [3.05, 3.63) is 57.6 Å². The lowest BCUT2D eigenvalue weighted by Gasteiger charge is -2.15. The molecule has 2 aromatic rings. The molecule has 0 amide bonds. The summed E-state index contributed by atoms with van der Waals surface area (Å²) in [4.78, 5) is 11.7. The van der Waals surface area contributed by atoms with Gasteiger partial charge in [-0.05, 0) is 19.4 Å². The van der Waals surface area contributed by atoms with E-state index in [-0.39, 0.29) is 23.4 Å². The zero-order chi connectivity index (χ0) is 14.2. The summed E-state index contributed by atoms with van der Waals surface area (Å²) in [6.07, 6.45) is 0. The number of hydrogen-bond acceptors (Lipinski definition) is 1. The Hall–Kier alpha value is -2.04. The van der Waals surface area contributed by atoms with Gasteiger partial charge in [0.25, 0.3) is 5.56 Å². The first-order valence-corrected chi connectivity index (χ1v) is 5.81. The molecule has 2 nitrogen and oxygen atoms in total. The molecule has 1 aromatic heterocycles. The van der Waals surface area contributed by atoms with Crippen LogP contribution in [0, 0.1) is 24.4 Å². The molecule has 0 saturated heterocycles. The first kappa shape index (κ1) is 13.4. The van der Waals surface area contributed by atoms with E-state index >= 15 is 0 Å². The van der Waals surface area contributed by atoms with Crippen LogP contribution in [-0.2, 0) is 6.54 Å². The molecule has 19 heavy (non-hydrogen) atoms. The van der Waals surface area contributed by atoms with Gasteiger partial charge in [-0.2, -0.15) is 0 Å². The number of aromatic nitrogens is 1. The molecule has 0 atom stereocenters. The first-order valence-electron chi connectivity index (χ1n) is 5.81. The van der Waals surface area contributed by atoms with E-state index < -0.39 is 17.5 Å². The van der Waals surface area contributed by atoms with Gasteiger partial charge in [-0.3, -0.25) is 4.79 Å². The number of hydrogen-bond donors (Lipinski definition) is 0. The molecule has 1 aromatic carbocycles. The number of benzene rings is 1. The van der Waals surface area contributed by atoms with Crippen LogP contribution in [0.5, 0.6) is 0 Å². The van der Waals surface area contributed by atoms with E-state index in [0.717, 1.165) is 0 Å². The highest BCUT2D eigenvalue weighted by atomic mass is 19.1. The molecule has 0 aliphatic rings. The molecule has 0 aliphatic heterocycles. The number of rotatable bonds is 2. The van der Waals surface area contributed by atoms with Gasteiger partial charge >= 0.3 is 0 Å². The Kier molecular flexibility index (Phi) is 3.46. The summed E-state index contributed by atoms with van der Waals surface area (Å²) in [7, 11) is 0. The zero-order valence-corrected chi connectivity index (χ0v) is 10.5. The minimum Gasteiger partial charge on any atom is -0.308 e. The molecule has 0 aliphatic carbocycles. The Morgan fingerprint density at radius 3 is 2.21 bits per heavy atom. The average molecular weight is 267 g/mol. The molecule has 0 saturated carbocycles. The van der Waals surface area contributed by atoms with Gasteiger partial charge < -0.3 is 4.57 Å². The topological polar surface area (TPSA) is 22.0 Å². The third kappa shape index (κ3) is 2.28. The van der Waals surface area contributed by atoms with Crippen LogP contribution in [0.2, 0.25) is 0 Å². The zero-order valence-electron chi connectivity index (χ0n) is 10.5. The average Bonchev–Trinajstić information content (AvgIpc) is 2.32. The summed E-state index contributed by atoms with van der Waals surface area (Å²) in [5.41, 5.74) is -0.0412. The van der Waals surface area contributed by atoms with Crippen molar-refractivity contribution in [3.8, 4) is 11.3 Å². The highest BCUT2D eigenvalue weighted by Crippen LogP contribution is 2.28. The monoisotopic (exact) mass is 267 g/mol. The van der Waals surface area contributed by atoms with Crippen LogP contribution in [0.1, 0.15) is 12.5 Å². The van der Waals surface area contributed by atoms with Crippen LogP contribution in [0.4, 0.5) is 13.2 Å². The number of nitrogens with zero attached hydrogens (tertiary/aromatic N) is 1. The summed E-state index contributed by atoms with van der Waals surface area (Å²) >= 11 is 0. The fraction of sp³-hybridized carbons (Fsp3) is 0.214. The lowest BCUT2D eigenvalue weighted by atomic mass is 10.0. The summed E-state index contributed by atoms with van der Waals surface area (Å²) in [5, 5.41) is 0. The van der Waals surface area contributed by atoms with Gasteiger partial charge in [0.05, 0.1) is 11.3 Å². The standard InChI is InChI=1S/C14H12F3NO/c1-3-18-12(19)5-4-8(2)14(18)13-10(16)6-9(15)7-11(13)17/h4-7H,3H2,1-2H3. The van der Waals surface area contributed by atoms with E-state index in [0.29, 0.717) is 17.7 Å². The van der Waals surface area contributed by atoms with Gasteiger partial charge in [-0.1, -0.05) is 6.07 Å². The van der Waals surface area contributed by atoms with Crippen molar-refractivity contribution in [1.29, 1.82) is 0 Å². The van der Waals surface area contributed by atoms with Crippen LogP contribution < -0.4 is 5.56 Å². The maximum absolute atomic E-state index is 13.8. The van der Waals surface area contributed by atoms with E-state index in [1.54, 1.807) is 13.8 Å². The van der Waals surface area contributed by atoms with E-state index in [2.05, 4.69) is 0 Å². The maximum Gasteiger partial charge on any atom is 0.251 e. The third-order valence-corrected chi connectivity index (χ3v) is 2.95. The van der Waals surface area contributed by atoms with Crippen molar-refractivity contribution in [1.82, 2.24) is 4.57 Å². The van der Waals surface area contributed by atoms with Crippen molar-refractivity contribution in [2.45, 2.75) is 20.4 Å². The molecular formula is C14H12F3NO. The van der Waals surface area contributed by atoms with Gasteiger partial charge in [-0.25, -0.2) is 13.2 Å². The van der Waals surface area contributed by atoms with Gasteiger partial charge in [-0.15, -0.1) is 0 Å². The molecule has 0 spiro atoms. The SMILES string of the molecule is CCn1c(-c2c(F)cc(F)cc2F)c(C)ccc1=O. The molecular weight excluding hydrogens is 255 g/mol. The molecule has 0 N–H and O–H groups in total. The Bertz CT molecular complexity index is 669. The molecule has 100 valence electrons. The second kappa shape index (κ2) is 4.91. The smallest absolute Gasteiger partial charge is 0.251 e. The van der Waals surface area contributed by atoms with Crippen LogP contribution in [-0.4, -0.2) is 4.57 Å². The van der Waals surface area contributed by atoms with Crippen molar-refractivity contribution >= 4 is 0 Å². The van der Waals surface area contributed by atoms with E-state index in [4.69, 9.17) is 0 Å². The summed E-state index contributed by atoms with van der Waals surface area (Å²) < 4.78 is 41.9. The predicted molar refractivity (Wildman–Crippen MR) is 66.4 cm³/mol. The van der Waals surface area contributed by atoms with Gasteiger partial charge in [0.1, 0.15) is 17.5 Å². The van der Waals surface area contributed by atoms with Gasteiger partial charge in [0.2, 0.25) is 0 Å². The maximum atomic E-state index is 13.8. The van der Waals surface area contributed by atoms with Gasteiger partial charge in [0.15, 0.2) is 0 Å². The minimum absolute atomic E-state index is 0.144. The van der Waals surface area contributed by atoms with E-state index in [1.807, 2.05) is 0 Å². The van der Waals surface area contributed by atoms with Crippen LogP contribution in [0.25, 0.3) is 11.3 Å². The molecule has 5 heteroatoms. The third-order valence-electron chi connectivity index (χ3n) is 2.95. The Morgan fingerprint density at radius 1 is 1.11 bits per heavy atom. The second-order valence-corrected chi connectivity index (χ2v) is 4.19. The molecule has 2 rings (SSSR count). The molecule has 0 radical (unpaired) electrons. The number of halogens is 3. The largest absolute Gasteiger partial charge is 0.308 e. The Labute approximate surface area is 108 Å². The summed E-state index contributed by atoms with van der Waals surface area (Å²) in [6, 6.07) is 4.04. The predicted octanol–water partition coefficient (Wildman–Crippen LogP) is 3.26. The fourth-order valence-corrected chi connectivity index (χ4v) is 2.10. The normalized spacial score (nSPS) is 10.8. The summed E-state index contributed by atoms with van der Waals surface area (Å²) in [6.45, 7) is 3.61. The van der Waals surface area contributed by atoms with Crippen LogP contribution in [0.15, 0.2) is 29.1 Å². The highest BCUT2D eigenvalue weighted by molar-refractivity contribution is 5.65. The van der Waals surface area contributed by atoms with Crippen molar-refractivity contribution in [2.75, 3.05) is 0 Å². The first-order chi connectivity index (χ1) is 8.95. The molecule has 1 heterocycles. The summed E-state index contributed by atoms with van der Waals surface area (Å²) in [5.74, 6) is -3.03. The number of aryl methyl sites for hydroxylation is 1. The Morgan fingerprint density at radius 2 is 1.68 bits per heavy atom. The number of pyridine rings is 1. The van der Waals surface area contributed by atoms with E-state index in [1.165, 1.54) is 16.7 Å². The van der Waals surface area contributed by atoms with Crippen molar-refractivity contribution < 1.29 is 13.2 Å². The van der Waals surface area contributed by atoms with Crippen molar-refractivity contribution in [3.63, 3.8) is 0 Å². The lowest BCUT2D eigenvalue weighted by molar-refractivity contribution is 0.545. The quantitative estimate of drug-likeness (QED) is 0.818. The van der Waals surface area contributed by atoms with Crippen molar-refractivity contribution in [2.24, 2.45) is 0 Å². The highest BCUT2D eigenvalue weighted by Gasteiger charge is 2.18. The molecule has 0 unspecified atom stereocenters. The second-order valence-electron chi connectivity index (χ2n) is 4.19. The van der Waals surface area contributed by atoms with Gasteiger partial charge in [0, 0.05) is 24.7 Å². The lowest BCUT2D eigenvalue weighted by Crippen LogP contribution is -2.21. The minimum atomic E-state index is -1.02. The fourth-order valence-electron chi connectivity index (χ4n) is 2.10. The Balaban J connectivity index is 2.87. The molecule has 0 bridgehead atoms.